The van der Waals surface area contributed by atoms with Crippen molar-refractivity contribution in [3.63, 3.8) is 0 Å². The number of fused-ring (bicyclic) bond motifs is 3. The number of pyridine rings is 1. The molecule has 0 aliphatic carbocycles. The first-order chi connectivity index (χ1) is 11.3. The van der Waals surface area contributed by atoms with Crippen LogP contribution in [0.3, 0.4) is 0 Å². The Morgan fingerprint density at radius 2 is 2.22 bits per heavy atom. The third-order valence-corrected chi connectivity index (χ3v) is 6.58. The standard InChI is InChI=1S/C18H17N3OS/c19-9-15-1-2-16(23-15)13-7-12-8-18(22-17(12)20-10-13)11-21-5-3-14(18)4-6-21/h1-2,7,10,14H,3-6,8,11H2/t18-/m0/s1. The molecule has 1 atom stereocenters. The summed E-state index contributed by atoms with van der Waals surface area (Å²) in [5.41, 5.74) is 2.28. The molecular formula is C18H17N3OS. The second kappa shape index (κ2) is 4.80. The van der Waals surface area contributed by atoms with Crippen molar-refractivity contribution in [3.05, 3.63) is 34.8 Å². The van der Waals surface area contributed by atoms with Gasteiger partial charge in [-0.3, -0.25) is 4.90 Å². The molecule has 0 unspecified atom stereocenters. The Bertz CT molecular complexity index is 816. The molecule has 4 nitrogen and oxygen atoms in total. The maximum Gasteiger partial charge on any atom is 0.217 e. The van der Waals surface area contributed by atoms with Crippen molar-refractivity contribution in [3.8, 4) is 22.4 Å². The molecule has 3 fully saturated rings. The molecule has 2 aromatic rings. The van der Waals surface area contributed by atoms with Gasteiger partial charge in [-0.25, -0.2) is 4.98 Å². The lowest BCUT2D eigenvalue weighted by Crippen LogP contribution is -2.61. The van der Waals surface area contributed by atoms with Crippen LogP contribution in [0.5, 0.6) is 5.88 Å². The summed E-state index contributed by atoms with van der Waals surface area (Å²) in [7, 11) is 0. The first kappa shape index (κ1) is 13.5. The Morgan fingerprint density at radius 3 is 2.91 bits per heavy atom. The van der Waals surface area contributed by atoms with Gasteiger partial charge in [0, 0.05) is 41.1 Å². The summed E-state index contributed by atoms with van der Waals surface area (Å²) in [6.45, 7) is 3.48. The van der Waals surface area contributed by atoms with Crippen LogP contribution in [-0.2, 0) is 6.42 Å². The smallest absolute Gasteiger partial charge is 0.217 e. The average Bonchev–Trinajstić information content (AvgIpc) is 3.19. The second-order valence-electron chi connectivity index (χ2n) is 6.86. The van der Waals surface area contributed by atoms with Crippen LogP contribution in [-0.4, -0.2) is 35.1 Å². The highest BCUT2D eigenvalue weighted by Crippen LogP contribution is 2.46. The Kier molecular flexibility index (Phi) is 2.82. The molecule has 4 aliphatic heterocycles. The van der Waals surface area contributed by atoms with Gasteiger partial charge in [0.2, 0.25) is 5.88 Å². The molecule has 6 rings (SSSR count). The number of hydrogen-bond acceptors (Lipinski definition) is 5. The zero-order valence-corrected chi connectivity index (χ0v) is 13.6. The third kappa shape index (κ3) is 2.02. The number of thiophene rings is 1. The van der Waals surface area contributed by atoms with Crippen molar-refractivity contribution >= 4 is 11.3 Å². The molecule has 6 heterocycles. The lowest BCUT2D eigenvalue weighted by atomic mass is 9.73. The minimum atomic E-state index is -0.0439. The number of nitrogens with zero attached hydrogens (tertiary/aromatic N) is 3. The van der Waals surface area contributed by atoms with Crippen LogP contribution in [0.25, 0.3) is 10.4 Å². The largest absolute Gasteiger partial charge is 0.469 e. The lowest BCUT2D eigenvalue weighted by Gasteiger charge is -2.50. The van der Waals surface area contributed by atoms with Gasteiger partial charge in [-0.15, -0.1) is 11.3 Å². The van der Waals surface area contributed by atoms with Gasteiger partial charge >= 0.3 is 0 Å². The van der Waals surface area contributed by atoms with Crippen LogP contribution in [0.15, 0.2) is 24.4 Å². The van der Waals surface area contributed by atoms with Gasteiger partial charge in [0.05, 0.1) is 0 Å². The minimum absolute atomic E-state index is 0.0439. The molecule has 0 aromatic carbocycles. The van der Waals surface area contributed by atoms with E-state index < -0.39 is 0 Å². The molecule has 5 heteroatoms. The summed E-state index contributed by atoms with van der Waals surface area (Å²) in [6, 6.07) is 8.29. The molecule has 0 saturated carbocycles. The summed E-state index contributed by atoms with van der Waals surface area (Å²) in [5, 5.41) is 9.00. The van der Waals surface area contributed by atoms with Crippen molar-refractivity contribution in [2.24, 2.45) is 5.92 Å². The number of piperidine rings is 3. The van der Waals surface area contributed by atoms with Gasteiger partial charge in [0.1, 0.15) is 16.5 Å². The fraction of sp³-hybridized carbons (Fsp3) is 0.444. The predicted molar refractivity (Wildman–Crippen MR) is 88.5 cm³/mol. The van der Waals surface area contributed by atoms with E-state index in [9.17, 15) is 0 Å². The van der Waals surface area contributed by atoms with E-state index in [0.717, 1.165) is 34.2 Å². The van der Waals surface area contributed by atoms with Gasteiger partial charge in [0.25, 0.3) is 0 Å². The molecule has 23 heavy (non-hydrogen) atoms. The van der Waals surface area contributed by atoms with E-state index in [-0.39, 0.29) is 5.60 Å². The van der Waals surface area contributed by atoms with E-state index in [2.05, 4.69) is 22.0 Å². The summed E-state index contributed by atoms with van der Waals surface area (Å²) in [4.78, 5) is 8.96. The fourth-order valence-corrected chi connectivity index (χ4v) is 5.18. The average molecular weight is 323 g/mol. The van der Waals surface area contributed by atoms with Crippen molar-refractivity contribution in [2.45, 2.75) is 24.9 Å². The highest BCUT2D eigenvalue weighted by atomic mass is 32.1. The Balaban J connectivity index is 1.48. The molecule has 116 valence electrons. The van der Waals surface area contributed by atoms with Crippen molar-refractivity contribution in [2.75, 3.05) is 19.6 Å². The summed E-state index contributed by atoms with van der Waals surface area (Å²) < 4.78 is 6.38. The highest BCUT2D eigenvalue weighted by Gasteiger charge is 2.52. The molecule has 1 spiro atoms. The molecule has 0 radical (unpaired) electrons. The maximum atomic E-state index is 9.00. The normalized spacial score (nSPS) is 30.9. The third-order valence-electron chi connectivity index (χ3n) is 5.54. The number of rotatable bonds is 1. The van der Waals surface area contributed by atoms with Crippen LogP contribution in [0.1, 0.15) is 23.3 Å². The van der Waals surface area contributed by atoms with Gasteiger partial charge < -0.3 is 4.74 Å². The topological polar surface area (TPSA) is 49.2 Å². The van der Waals surface area contributed by atoms with Gasteiger partial charge in [-0.05, 0) is 44.1 Å². The van der Waals surface area contributed by atoms with Crippen molar-refractivity contribution in [1.82, 2.24) is 9.88 Å². The predicted octanol–water partition coefficient (Wildman–Crippen LogP) is 3.08. The quantitative estimate of drug-likeness (QED) is 0.809. The minimum Gasteiger partial charge on any atom is -0.469 e. The van der Waals surface area contributed by atoms with Gasteiger partial charge in [-0.1, -0.05) is 0 Å². The number of aromatic nitrogens is 1. The Morgan fingerprint density at radius 1 is 1.35 bits per heavy atom. The molecular weight excluding hydrogens is 306 g/mol. The first-order valence-electron chi connectivity index (χ1n) is 8.16. The SMILES string of the molecule is N#Cc1ccc(-c2cnc3c(c2)C[C@@]2(CN4CCC2CC4)O3)s1. The lowest BCUT2D eigenvalue weighted by molar-refractivity contribution is -0.0814. The van der Waals surface area contributed by atoms with E-state index in [1.165, 1.54) is 42.8 Å². The van der Waals surface area contributed by atoms with E-state index in [1.54, 1.807) is 0 Å². The van der Waals surface area contributed by atoms with Crippen LogP contribution in [0.4, 0.5) is 0 Å². The van der Waals surface area contributed by atoms with E-state index in [0.29, 0.717) is 5.92 Å². The monoisotopic (exact) mass is 323 g/mol. The van der Waals surface area contributed by atoms with Gasteiger partial charge in [-0.2, -0.15) is 5.26 Å². The van der Waals surface area contributed by atoms with Crippen LogP contribution >= 0.6 is 11.3 Å². The molecule has 0 N–H and O–H groups in total. The number of hydrogen-bond donors (Lipinski definition) is 0. The highest BCUT2D eigenvalue weighted by molar-refractivity contribution is 7.16. The zero-order valence-electron chi connectivity index (χ0n) is 12.8. The Labute approximate surface area is 139 Å². The van der Waals surface area contributed by atoms with E-state index in [4.69, 9.17) is 10.00 Å². The molecule has 4 aliphatic rings. The van der Waals surface area contributed by atoms with Crippen molar-refractivity contribution < 1.29 is 4.74 Å². The number of ether oxygens (including phenoxy) is 1. The summed E-state index contributed by atoms with van der Waals surface area (Å²) in [6.07, 6.45) is 5.35. The molecule has 2 bridgehead atoms. The molecule has 2 aromatic heterocycles. The Hall–Kier alpha value is -1.90. The first-order valence-corrected chi connectivity index (χ1v) is 8.98. The fourth-order valence-electron chi connectivity index (χ4n) is 4.40. The number of nitriles is 1. The van der Waals surface area contributed by atoms with E-state index >= 15 is 0 Å². The van der Waals surface area contributed by atoms with E-state index in [1.807, 2.05) is 18.3 Å². The maximum absolute atomic E-state index is 9.00. The second-order valence-corrected chi connectivity index (χ2v) is 7.94. The summed E-state index contributed by atoms with van der Waals surface area (Å²) >= 11 is 1.52. The summed E-state index contributed by atoms with van der Waals surface area (Å²) in [5.74, 6) is 1.48. The molecule has 0 amide bonds. The van der Waals surface area contributed by atoms with Gasteiger partial charge in [0.15, 0.2) is 0 Å². The van der Waals surface area contributed by atoms with Crippen molar-refractivity contribution in [1.29, 1.82) is 5.26 Å². The van der Waals surface area contributed by atoms with Crippen LogP contribution in [0, 0.1) is 17.2 Å². The van der Waals surface area contributed by atoms with Crippen LogP contribution in [0.2, 0.25) is 0 Å². The molecule has 3 saturated heterocycles. The zero-order chi connectivity index (χ0) is 15.4. The van der Waals surface area contributed by atoms with Crippen LogP contribution < -0.4 is 4.74 Å².